The van der Waals surface area contributed by atoms with Crippen LogP contribution in [0.15, 0.2) is 0 Å². The molecule has 94 valence electrons. The van der Waals surface area contributed by atoms with Crippen molar-refractivity contribution >= 4 is 5.91 Å². The number of hydrogen-bond acceptors (Lipinski definition) is 1. The summed E-state index contributed by atoms with van der Waals surface area (Å²) in [6.45, 7) is 12.6. The molecule has 0 N–H and O–H groups in total. The molecule has 16 heavy (non-hydrogen) atoms. The Labute approximate surface area is 100 Å². The number of likely N-dealkylation sites (tertiary alicyclic amines) is 1. The van der Waals surface area contributed by atoms with Gasteiger partial charge in [0.25, 0.3) is 0 Å². The van der Waals surface area contributed by atoms with Crippen molar-refractivity contribution in [2.75, 3.05) is 13.1 Å². The van der Waals surface area contributed by atoms with Gasteiger partial charge in [-0.05, 0) is 31.1 Å². The van der Waals surface area contributed by atoms with Gasteiger partial charge < -0.3 is 4.90 Å². The van der Waals surface area contributed by atoms with E-state index in [-0.39, 0.29) is 5.41 Å². The molecule has 0 spiro atoms. The molecule has 2 heteroatoms. The molecule has 0 bridgehead atoms. The van der Waals surface area contributed by atoms with E-state index < -0.39 is 0 Å². The first-order valence-electron chi connectivity index (χ1n) is 6.61. The third-order valence-electron chi connectivity index (χ3n) is 3.64. The summed E-state index contributed by atoms with van der Waals surface area (Å²) in [5.74, 6) is 1.87. The van der Waals surface area contributed by atoms with Crippen molar-refractivity contribution in [3.8, 4) is 0 Å². The molecule has 0 saturated carbocycles. The van der Waals surface area contributed by atoms with E-state index in [1.807, 2.05) is 20.8 Å². The topological polar surface area (TPSA) is 20.3 Å². The van der Waals surface area contributed by atoms with Gasteiger partial charge in [-0.15, -0.1) is 0 Å². The van der Waals surface area contributed by atoms with E-state index >= 15 is 0 Å². The molecule has 0 radical (unpaired) electrons. The van der Waals surface area contributed by atoms with Crippen LogP contribution in [-0.4, -0.2) is 23.9 Å². The van der Waals surface area contributed by atoms with Crippen LogP contribution in [0, 0.1) is 17.3 Å². The van der Waals surface area contributed by atoms with Crippen molar-refractivity contribution in [1.82, 2.24) is 4.90 Å². The molecule has 1 heterocycles. The molecule has 1 aliphatic heterocycles. The lowest BCUT2D eigenvalue weighted by Crippen LogP contribution is -2.40. The normalized spacial score (nSPS) is 23.4. The lowest BCUT2D eigenvalue weighted by atomic mass is 9.89. The summed E-state index contributed by atoms with van der Waals surface area (Å²) in [6, 6.07) is 0. The number of nitrogens with zero attached hydrogens (tertiary/aromatic N) is 1. The van der Waals surface area contributed by atoms with Crippen LogP contribution < -0.4 is 0 Å². The molecular weight excluding hydrogens is 198 g/mol. The maximum Gasteiger partial charge on any atom is 0.227 e. The van der Waals surface area contributed by atoms with Gasteiger partial charge in [0.15, 0.2) is 0 Å². The standard InChI is InChI=1S/C14H27NO/c1-11(2)12-7-6-9-15(10-8-12)13(16)14(3,4)5/h11-12H,6-10H2,1-5H3. The third-order valence-corrected chi connectivity index (χ3v) is 3.64. The van der Waals surface area contributed by atoms with Crippen molar-refractivity contribution in [1.29, 1.82) is 0 Å². The zero-order chi connectivity index (χ0) is 12.3. The van der Waals surface area contributed by atoms with Gasteiger partial charge in [0.05, 0.1) is 0 Å². The number of amides is 1. The van der Waals surface area contributed by atoms with Gasteiger partial charge in [-0.25, -0.2) is 0 Å². The van der Waals surface area contributed by atoms with Crippen molar-refractivity contribution in [2.45, 2.75) is 53.9 Å². The number of carbonyl (C=O) groups excluding carboxylic acids is 1. The first-order valence-corrected chi connectivity index (χ1v) is 6.61. The van der Waals surface area contributed by atoms with E-state index in [4.69, 9.17) is 0 Å². The van der Waals surface area contributed by atoms with Crippen LogP contribution in [0.25, 0.3) is 0 Å². The highest BCUT2D eigenvalue weighted by molar-refractivity contribution is 5.81. The summed E-state index contributed by atoms with van der Waals surface area (Å²) in [6.07, 6.45) is 3.63. The molecule has 1 rings (SSSR count). The van der Waals surface area contributed by atoms with Gasteiger partial charge >= 0.3 is 0 Å². The minimum Gasteiger partial charge on any atom is -0.342 e. The average molecular weight is 225 g/mol. The summed E-state index contributed by atoms with van der Waals surface area (Å²) in [7, 11) is 0. The molecule has 1 amide bonds. The molecule has 1 atom stereocenters. The Morgan fingerprint density at radius 3 is 2.31 bits per heavy atom. The number of hydrogen-bond donors (Lipinski definition) is 0. The van der Waals surface area contributed by atoms with Crippen LogP contribution in [0.5, 0.6) is 0 Å². The highest BCUT2D eigenvalue weighted by atomic mass is 16.2. The van der Waals surface area contributed by atoms with Crippen molar-refractivity contribution < 1.29 is 4.79 Å². The zero-order valence-electron chi connectivity index (χ0n) is 11.5. The van der Waals surface area contributed by atoms with Crippen LogP contribution in [0.3, 0.4) is 0 Å². The molecule has 0 aromatic heterocycles. The van der Waals surface area contributed by atoms with Gasteiger partial charge in [0.1, 0.15) is 0 Å². The Balaban J connectivity index is 2.57. The first-order chi connectivity index (χ1) is 7.32. The average Bonchev–Trinajstić information content (AvgIpc) is 2.39. The lowest BCUT2D eigenvalue weighted by Gasteiger charge is -2.28. The van der Waals surface area contributed by atoms with E-state index in [1.165, 1.54) is 19.3 Å². The fourth-order valence-electron chi connectivity index (χ4n) is 2.47. The molecule has 1 saturated heterocycles. The maximum absolute atomic E-state index is 12.2. The lowest BCUT2D eigenvalue weighted by molar-refractivity contribution is -0.139. The van der Waals surface area contributed by atoms with E-state index in [0.29, 0.717) is 5.91 Å². The van der Waals surface area contributed by atoms with Crippen molar-refractivity contribution in [2.24, 2.45) is 17.3 Å². The predicted molar refractivity (Wildman–Crippen MR) is 68.2 cm³/mol. The third kappa shape index (κ3) is 3.50. The van der Waals surface area contributed by atoms with Crippen LogP contribution in [-0.2, 0) is 4.79 Å². The highest BCUT2D eigenvalue weighted by Crippen LogP contribution is 2.26. The fourth-order valence-corrected chi connectivity index (χ4v) is 2.47. The van der Waals surface area contributed by atoms with Crippen molar-refractivity contribution in [3.05, 3.63) is 0 Å². The predicted octanol–water partition coefficient (Wildman–Crippen LogP) is 3.32. The maximum atomic E-state index is 12.2. The molecule has 1 fully saturated rings. The Morgan fingerprint density at radius 1 is 1.19 bits per heavy atom. The Kier molecular flexibility index (Phi) is 4.40. The van der Waals surface area contributed by atoms with Gasteiger partial charge in [0, 0.05) is 18.5 Å². The summed E-state index contributed by atoms with van der Waals surface area (Å²) in [4.78, 5) is 14.2. The molecule has 2 nitrogen and oxygen atoms in total. The first kappa shape index (κ1) is 13.5. The van der Waals surface area contributed by atoms with Gasteiger partial charge in [0.2, 0.25) is 5.91 Å². The summed E-state index contributed by atoms with van der Waals surface area (Å²) in [5.41, 5.74) is -0.225. The summed E-state index contributed by atoms with van der Waals surface area (Å²) in [5, 5.41) is 0. The summed E-state index contributed by atoms with van der Waals surface area (Å²) < 4.78 is 0. The fraction of sp³-hybridized carbons (Fsp3) is 0.929. The van der Waals surface area contributed by atoms with Crippen LogP contribution in [0.4, 0.5) is 0 Å². The molecule has 0 aliphatic carbocycles. The zero-order valence-corrected chi connectivity index (χ0v) is 11.5. The molecule has 0 aromatic rings. The second-order valence-electron chi connectivity index (χ2n) is 6.48. The van der Waals surface area contributed by atoms with Gasteiger partial charge in [-0.1, -0.05) is 34.6 Å². The minimum atomic E-state index is -0.225. The molecule has 1 unspecified atom stereocenters. The van der Waals surface area contributed by atoms with Gasteiger partial charge in [-0.2, -0.15) is 0 Å². The minimum absolute atomic E-state index is 0.225. The quantitative estimate of drug-likeness (QED) is 0.670. The molecule has 1 aliphatic rings. The van der Waals surface area contributed by atoms with Crippen LogP contribution in [0.2, 0.25) is 0 Å². The molecular formula is C14H27NO. The smallest absolute Gasteiger partial charge is 0.227 e. The number of rotatable bonds is 1. The Bertz CT molecular complexity index is 240. The van der Waals surface area contributed by atoms with E-state index in [9.17, 15) is 4.79 Å². The van der Waals surface area contributed by atoms with Crippen LogP contribution >= 0.6 is 0 Å². The second-order valence-corrected chi connectivity index (χ2v) is 6.48. The van der Waals surface area contributed by atoms with Crippen LogP contribution in [0.1, 0.15) is 53.9 Å². The number of carbonyl (C=O) groups is 1. The van der Waals surface area contributed by atoms with Crippen molar-refractivity contribution in [3.63, 3.8) is 0 Å². The van der Waals surface area contributed by atoms with E-state index in [0.717, 1.165) is 24.9 Å². The largest absolute Gasteiger partial charge is 0.342 e. The highest BCUT2D eigenvalue weighted by Gasteiger charge is 2.29. The Hall–Kier alpha value is -0.530. The SMILES string of the molecule is CC(C)C1CCCN(C(=O)C(C)(C)C)CC1. The monoisotopic (exact) mass is 225 g/mol. The van der Waals surface area contributed by atoms with E-state index in [1.54, 1.807) is 0 Å². The van der Waals surface area contributed by atoms with E-state index in [2.05, 4.69) is 18.7 Å². The second kappa shape index (κ2) is 5.20. The molecule has 0 aromatic carbocycles. The van der Waals surface area contributed by atoms with Gasteiger partial charge in [-0.3, -0.25) is 4.79 Å². The Morgan fingerprint density at radius 2 is 1.81 bits per heavy atom. The summed E-state index contributed by atoms with van der Waals surface area (Å²) >= 11 is 0.